The molecule has 0 spiro atoms. The number of rotatable bonds is 15. The van der Waals surface area contributed by atoms with Crippen LogP contribution in [0.15, 0.2) is 102 Å². The highest BCUT2D eigenvalue weighted by Crippen LogP contribution is 2.34. The molecule has 4 aromatic rings. The third kappa shape index (κ3) is 8.87. The highest BCUT2D eigenvalue weighted by atomic mass is 35.5. The van der Waals surface area contributed by atoms with Crippen molar-refractivity contribution < 1.29 is 27.5 Å². The molecule has 0 heterocycles. The first-order valence-corrected chi connectivity index (χ1v) is 17.5. The SMILES string of the molecule is CCC(C)NC(=O)C(Cc1ccccc1)N(Cc1ccccc1Cl)C(=O)CN(c1ccc(OC)c(OC)c1)S(=O)(=O)c1ccc(C)cc1. The Morgan fingerprint density at radius 3 is 2.15 bits per heavy atom. The third-order valence-electron chi connectivity index (χ3n) is 8.11. The van der Waals surface area contributed by atoms with E-state index in [4.69, 9.17) is 21.1 Å². The van der Waals surface area contributed by atoms with Crippen molar-refractivity contribution in [2.75, 3.05) is 25.1 Å². The lowest BCUT2D eigenvalue weighted by atomic mass is 10.0. The van der Waals surface area contributed by atoms with Crippen LogP contribution in [0.4, 0.5) is 5.69 Å². The fraction of sp³-hybridized carbons (Fsp3) is 0.297. The zero-order valence-corrected chi connectivity index (χ0v) is 29.4. The number of amides is 2. The van der Waals surface area contributed by atoms with Gasteiger partial charge in [-0.2, -0.15) is 0 Å². The normalized spacial score (nSPS) is 12.5. The molecule has 0 bridgehead atoms. The Bertz CT molecular complexity index is 1800. The molecule has 0 fully saturated rings. The Hall–Kier alpha value is -4.54. The van der Waals surface area contributed by atoms with E-state index in [0.29, 0.717) is 22.8 Å². The zero-order chi connectivity index (χ0) is 34.8. The highest BCUT2D eigenvalue weighted by Gasteiger charge is 2.35. The minimum atomic E-state index is -4.29. The molecule has 9 nitrogen and oxygen atoms in total. The van der Waals surface area contributed by atoms with Gasteiger partial charge >= 0.3 is 0 Å². The van der Waals surface area contributed by atoms with E-state index in [9.17, 15) is 18.0 Å². The van der Waals surface area contributed by atoms with Gasteiger partial charge in [0.25, 0.3) is 10.0 Å². The average molecular weight is 692 g/mol. The van der Waals surface area contributed by atoms with Gasteiger partial charge in [0.05, 0.1) is 24.8 Å². The molecule has 11 heteroatoms. The molecule has 2 unspecified atom stereocenters. The van der Waals surface area contributed by atoms with Gasteiger partial charge in [0.2, 0.25) is 11.8 Å². The average Bonchev–Trinajstić information content (AvgIpc) is 3.09. The summed E-state index contributed by atoms with van der Waals surface area (Å²) in [5.74, 6) is -0.270. The Morgan fingerprint density at radius 2 is 1.52 bits per heavy atom. The Morgan fingerprint density at radius 1 is 0.875 bits per heavy atom. The summed E-state index contributed by atoms with van der Waals surface area (Å²) in [6.45, 7) is 5.06. The summed E-state index contributed by atoms with van der Waals surface area (Å²) in [7, 11) is -1.37. The highest BCUT2D eigenvalue weighted by molar-refractivity contribution is 7.92. The summed E-state index contributed by atoms with van der Waals surface area (Å²) in [4.78, 5) is 30.1. The first kappa shape index (κ1) is 36.3. The van der Waals surface area contributed by atoms with E-state index >= 15 is 0 Å². The number of anilines is 1. The summed E-state index contributed by atoms with van der Waals surface area (Å²) in [5, 5.41) is 3.45. The van der Waals surface area contributed by atoms with Crippen LogP contribution in [0.2, 0.25) is 5.02 Å². The molecule has 0 aromatic heterocycles. The number of aryl methyl sites for hydroxylation is 1. The molecule has 0 radical (unpaired) electrons. The van der Waals surface area contributed by atoms with Crippen LogP contribution in [0.3, 0.4) is 0 Å². The molecule has 254 valence electrons. The Kier molecular flexibility index (Phi) is 12.5. The predicted molar refractivity (Wildman–Crippen MR) is 189 cm³/mol. The molecule has 0 aliphatic carbocycles. The number of nitrogens with one attached hydrogen (secondary N) is 1. The van der Waals surface area contributed by atoms with Crippen molar-refractivity contribution in [3.05, 3.63) is 119 Å². The van der Waals surface area contributed by atoms with Gasteiger partial charge in [-0.05, 0) is 61.7 Å². The van der Waals surface area contributed by atoms with Crippen LogP contribution in [0.1, 0.15) is 37.0 Å². The molecular weight excluding hydrogens is 650 g/mol. The van der Waals surface area contributed by atoms with Gasteiger partial charge in [0.1, 0.15) is 12.6 Å². The monoisotopic (exact) mass is 691 g/mol. The summed E-state index contributed by atoms with van der Waals surface area (Å²) < 4.78 is 40.6. The van der Waals surface area contributed by atoms with Crippen LogP contribution in [-0.2, 0) is 32.6 Å². The van der Waals surface area contributed by atoms with E-state index in [1.807, 2.05) is 51.1 Å². The van der Waals surface area contributed by atoms with Crippen LogP contribution >= 0.6 is 11.6 Å². The lowest BCUT2D eigenvalue weighted by Gasteiger charge is -2.34. The van der Waals surface area contributed by atoms with Crippen molar-refractivity contribution in [2.45, 2.75) is 57.1 Å². The Balaban J connectivity index is 1.86. The van der Waals surface area contributed by atoms with Crippen molar-refractivity contribution in [2.24, 2.45) is 0 Å². The second-order valence-corrected chi connectivity index (χ2v) is 13.8. The van der Waals surface area contributed by atoms with Crippen LogP contribution < -0.4 is 19.1 Å². The predicted octanol–water partition coefficient (Wildman–Crippen LogP) is 6.42. The first-order chi connectivity index (χ1) is 23.0. The van der Waals surface area contributed by atoms with Crippen LogP contribution in [0, 0.1) is 6.92 Å². The molecule has 48 heavy (non-hydrogen) atoms. The fourth-order valence-corrected chi connectivity index (χ4v) is 6.75. The molecule has 0 aliphatic rings. The molecule has 2 atom stereocenters. The van der Waals surface area contributed by atoms with Gasteiger partial charge in [-0.3, -0.25) is 13.9 Å². The van der Waals surface area contributed by atoms with Gasteiger partial charge in [0.15, 0.2) is 11.5 Å². The lowest BCUT2D eigenvalue weighted by molar-refractivity contribution is -0.140. The number of halogens is 1. The summed E-state index contributed by atoms with van der Waals surface area (Å²) in [6, 6.07) is 26.3. The quantitative estimate of drug-likeness (QED) is 0.154. The molecular formula is C37H42ClN3O6S. The van der Waals surface area contributed by atoms with Crippen molar-refractivity contribution in [3.8, 4) is 11.5 Å². The van der Waals surface area contributed by atoms with Crippen LogP contribution in [0.5, 0.6) is 11.5 Å². The van der Waals surface area contributed by atoms with Crippen LogP contribution in [-0.4, -0.2) is 58.0 Å². The topological polar surface area (TPSA) is 105 Å². The zero-order valence-electron chi connectivity index (χ0n) is 27.9. The van der Waals surface area contributed by atoms with Crippen molar-refractivity contribution in [1.29, 1.82) is 0 Å². The maximum Gasteiger partial charge on any atom is 0.264 e. The Labute approximate surface area is 288 Å². The van der Waals surface area contributed by atoms with E-state index < -0.39 is 28.5 Å². The van der Waals surface area contributed by atoms with Gasteiger partial charge in [-0.1, -0.05) is 84.8 Å². The largest absolute Gasteiger partial charge is 0.493 e. The standard InChI is InChI=1S/C37H42ClN3O6S/c1-6-27(3)39-37(43)33(22-28-12-8-7-9-13-28)40(24-29-14-10-11-15-32(29)38)36(42)25-41(30-18-21-34(46-4)35(23-30)47-5)48(44,45)31-19-16-26(2)17-20-31/h7-21,23,27,33H,6,22,24-25H2,1-5H3,(H,39,43). The number of ether oxygens (including phenoxy) is 2. The van der Waals surface area contributed by atoms with Gasteiger partial charge in [0, 0.05) is 30.1 Å². The molecule has 0 aliphatic heterocycles. The van der Waals surface area contributed by atoms with Crippen molar-refractivity contribution >= 4 is 39.1 Å². The van der Waals surface area contributed by atoms with E-state index in [0.717, 1.165) is 15.4 Å². The van der Waals surface area contributed by atoms with Crippen molar-refractivity contribution in [1.82, 2.24) is 10.2 Å². The number of methoxy groups -OCH3 is 2. The maximum atomic E-state index is 14.7. The molecule has 4 rings (SSSR count). The first-order valence-electron chi connectivity index (χ1n) is 15.7. The smallest absolute Gasteiger partial charge is 0.264 e. The molecule has 4 aromatic carbocycles. The summed E-state index contributed by atoms with van der Waals surface area (Å²) in [5.41, 5.74) is 2.51. The van der Waals surface area contributed by atoms with E-state index in [-0.39, 0.29) is 41.2 Å². The molecule has 2 amide bonds. The van der Waals surface area contributed by atoms with E-state index in [1.54, 1.807) is 48.5 Å². The number of carbonyl (C=O) groups is 2. The number of nitrogens with zero attached hydrogens (tertiary/aromatic N) is 2. The second-order valence-electron chi connectivity index (χ2n) is 11.5. The minimum absolute atomic E-state index is 0.00341. The van der Waals surface area contributed by atoms with Gasteiger partial charge in [-0.25, -0.2) is 8.42 Å². The van der Waals surface area contributed by atoms with Gasteiger partial charge < -0.3 is 19.7 Å². The minimum Gasteiger partial charge on any atom is -0.493 e. The summed E-state index contributed by atoms with van der Waals surface area (Å²) >= 11 is 6.58. The van der Waals surface area contributed by atoms with Gasteiger partial charge in [-0.15, -0.1) is 0 Å². The van der Waals surface area contributed by atoms with E-state index in [1.165, 1.54) is 37.3 Å². The number of carbonyl (C=O) groups excluding carboxylic acids is 2. The van der Waals surface area contributed by atoms with Crippen LogP contribution in [0.25, 0.3) is 0 Å². The molecule has 0 saturated heterocycles. The number of hydrogen-bond acceptors (Lipinski definition) is 6. The second kappa shape index (κ2) is 16.5. The van der Waals surface area contributed by atoms with E-state index in [2.05, 4.69) is 5.32 Å². The number of sulfonamides is 1. The fourth-order valence-electron chi connectivity index (χ4n) is 5.15. The van der Waals surface area contributed by atoms with Crippen molar-refractivity contribution in [3.63, 3.8) is 0 Å². The summed E-state index contributed by atoms with van der Waals surface area (Å²) in [6.07, 6.45) is 0.879. The number of hydrogen-bond donors (Lipinski definition) is 1. The molecule has 1 N–H and O–H groups in total. The maximum absolute atomic E-state index is 14.7. The lowest BCUT2D eigenvalue weighted by Crippen LogP contribution is -2.54. The molecule has 0 saturated carbocycles. The third-order valence-corrected chi connectivity index (χ3v) is 10.3. The number of benzene rings is 4.